The molecule has 2 rings (SSSR count). The number of unbranched alkanes of at least 4 members (excludes halogenated alkanes) is 1. The third kappa shape index (κ3) is 8.74. The maximum absolute atomic E-state index is 12.4. The van der Waals surface area contributed by atoms with Gasteiger partial charge in [0.2, 0.25) is 0 Å². The Morgan fingerprint density at radius 2 is 1.55 bits per heavy atom. The lowest BCUT2D eigenvalue weighted by Crippen LogP contribution is -2.34. The number of amides is 2. The highest BCUT2D eigenvalue weighted by Gasteiger charge is 2.09. The van der Waals surface area contributed by atoms with Crippen molar-refractivity contribution in [3.8, 4) is 5.75 Å². The smallest absolute Gasteiger partial charge is 0.257 e. The van der Waals surface area contributed by atoms with Crippen molar-refractivity contribution >= 4 is 34.8 Å². The number of carbonyl (C=O) groups is 2. The summed E-state index contributed by atoms with van der Waals surface area (Å²) in [5.74, 6) is 0.263. The van der Waals surface area contributed by atoms with Crippen LogP contribution in [0.4, 0.5) is 5.69 Å². The van der Waals surface area contributed by atoms with Gasteiger partial charge >= 0.3 is 0 Å². The van der Waals surface area contributed by atoms with Crippen LogP contribution in [0.5, 0.6) is 5.75 Å². The lowest BCUT2D eigenvalue weighted by atomic mass is 10.2. The molecule has 0 radical (unpaired) electrons. The van der Waals surface area contributed by atoms with E-state index in [2.05, 4.69) is 22.9 Å². The van der Waals surface area contributed by atoms with Gasteiger partial charge in [-0.05, 0) is 73.6 Å². The van der Waals surface area contributed by atoms with Crippen LogP contribution in [-0.4, -0.2) is 43.8 Å². The number of ether oxygens (including phenoxy) is 2. The maximum atomic E-state index is 12.4. The van der Waals surface area contributed by atoms with Crippen molar-refractivity contribution in [3.63, 3.8) is 0 Å². The van der Waals surface area contributed by atoms with Crippen LogP contribution in [0.1, 0.15) is 46.9 Å². The van der Waals surface area contributed by atoms with Crippen LogP contribution >= 0.6 is 12.2 Å². The molecule has 31 heavy (non-hydrogen) atoms. The van der Waals surface area contributed by atoms with E-state index in [4.69, 9.17) is 21.7 Å². The van der Waals surface area contributed by atoms with Crippen molar-refractivity contribution in [3.05, 3.63) is 59.7 Å². The first-order valence-corrected chi connectivity index (χ1v) is 10.7. The van der Waals surface area contributed by atoms with Crippen molar-refractivity contribution in [1.82, 2.24) is 10.6 Å². The van der Waals surface area contributed by atoms with E-state index in [1.807, 2.05) is 0 Å². The first-order valence-electron chi connectivity index (χ1n) is 10.3. The Bertz CT molecular complexity index is 854. The second-order valence-electron chi connectivity index (χ2n) is 6.81. The molecule has 3 N–H and O–H groups in total. The summed E-state index contributed by atoms with van der Waals surface area (Å²) in [6.07, 6.45) is 2.81. The van der Waals surface area contributed by atoms with E-state index in [0.717, 1.165) is 25.0 Å². The predicted octanol–water partition coefficient (Wildman–Crippen LogP) is 3.76. The van der Waals surface area contributed by atoms with E-state index in [9.17, 15) is 9.59 Å². The number of carbonyl (C=O) groups excluding carboxylic acids is 2. The van der Waals surface area contributed by atoms with Crippen molar-refractivity contribution in [2.24, 2.45) is 0 Å². The molecule has 0 aliphatic rings. The molecule has 0 saturated carbocycles. The quantitative estimate of drug-likeness (QED) is 0.362. The standard InChI is InChI=1S/C23H29N3O4S/c1-3-4-16-30-20-12-8-18(9-13-20)22(28)26-23(31)25-19-10-6-17(7-11-19)21(27)24-14-5-15-29-2/h6-13H,3-5,14-16H2,1-2H3,(H,24,27)(H2,25,26,28,31). The summed E-state index contributed by atoms with van der Waals surface area (Å²) in [5, 5.41) is 8.58. The molecule has 0 unspecified atom stereocenters. The summed E-state index contributed by atoms with van der Waals surface area (Å²) < 4.78 is 10.5. The summed E-state index contributed by atoms with van der Waals surface area (Å²) in [4.78, 5) is 24.4. The van der Waals surface area contributed by atoms with Crippen LogP contribution in [-0.2, 0) is 4.74 Å². The molecule has 0 aromatic heterocycles. The second kappa shape index (κ2) is 13.4. The van der Waals surface area contributed by atoms with Crippen molar-refractivity contribution in [1.29, 1.82) is 0 Å². The number of methoxy groups -OCH3 is 1. The summed E-state index contributed by atoms with van der Waals surface area (Å²) in [7, 11) is 1.63. The first-order chi connectivity index (χ1) is 15.0. The molecule has 0 aliphatic carbocycles. The van der Waals surface area contributed by atoms with E-state index in [1.165, 1.54) is 0 Å². The van der Waals surface area contributed by atoms with E-state index in [0.29, 0.717) is 36.6 Å². The Kier molecular flexibility index (Phi) is 10.5. The van der Waals surface area contributed by atoms with Crippen LogP contribution in [0.25, 0.3) is 0 Å². The molecule has 7 nitrogen and oxygen atoms in total. The molecule has 0 aliphatic heterocycles. The van der Waals surface area contributed by atoms with Gasteiger partial charge in [0.25, 0.3) is 11.8 Å². The van der Waals surface area contributed by atoms with Gasteiger partial charge < -0.3 is 20.1 Å². The van der Waals surface area contributed by atoms with Gasteiger partial charge in [-0.2, -0.15) is 0 Å². The van der Waals surface area contributed by atoms with E-state index in [-0.39, 0.29) is 16.9 Å². The van der Waals surface area contributed by atoms with Gasteiger partial charge in [-0.1, -0.05) is 13.3 Å². The molecule has 0 fully saturated rings. The van der Waals surface area contributed by atoms with Crippen LogP contribution in [0, 0.1) is 0 Å². The van der Waals surface area contributed by atoms with Gasteiger partial charge in [-0.25, -0.2) is 0 Å². The molecule has 8 heteroatoms. The topological polar surface area (TPSA) is 88.7 Å². The maximum Gasteiger partial charge on any atom is 0.257 e. The average molecular weight is 444 g/mol. The number of benzene rings is 2. The normalized spacial score (nSPS) is 10.3. The van der Waals surface area contributed by atoms with Gasteiger partial charge in [-0.15, -0.1) is 0 Å². The van der Waals surface area contributed by atoms with Gasteiger partial charge in [0.05, 0.1) is 6.61 Å². The minimum Gasteiger partial charge on any atom is -0.494 e. The Balaban J connectivity index is 1.81. The lowest BCUT2D eigenvalue weighted by molar-refractivity contribution is 0.0946. The molecule has 166 valence electrons. The summed E-state index contributed by atoms with van der Waals surface area (Å²) >= 11 is 5.22. The monoisotopic (exact) mass is 443 g/mol. The number of rotatable bonds is 11. The fraction of sp³-hybridized carbons (Fsp3) is 0.348. The Morgan fingerprint density at radius 1 is 0.903 bits per heavy atom. The number of hydrogen-bond donors (Lipinski definition) is 3. The van der Waals surface area contributed by atoms with E-state index >= 15 is 0 Å². The largest absolute Gasteiger partial charge is 0.494 e. The summed E-state index contributed by atoms with van der Waals surface area (Å²) in [5.41, 5.74) is 1.69. The minimum absolute atomic E-state index is 0.152. The number of thiocarbonyl (C=S) groups is 1. The van der Waals surface area contributed by atoms with Gasteiger partial charge in [0, 0.05) is 37.1 Å². The predicted molar refractivity (Wildman–Crippen MR) is 126 cm³/mol. The molecule has 0 bridgehead atoms. The molecule has 0 atom stereocenters. The highest BCUT2D eigenvalue weighted by atomic mass is 32.1. The number of anilines is 1. The zero-order valence-corrected chi connectivity index (χ0v) is 18.7. The molecule has 2 amide bonds. The Labute approximate surface area is 188 Å². The van der Waals surface area contributed by atoms with Gasteiger partial charge in [-0.3, -0.25) is 14.9 Å². The van der Waals surface area contributed by atoms with Gasteiger partial charge in [0.15, 0.2) is 5.11 Å². The molecular formula is C23H29N3O4S. The lowest BCUT2D eigenvalue weighted by Gasteiger charge is -2.11. The first kappa shape index (κ1) is 24.3. The van der Waals surface area contributed by atoms with Crippen molar-refractivity contribution in [2.75, 3.05) is 32.2 Å². The zero-order valence-electron chi connectivity index (χ0n) is 17.9. The summed E-state index contributed by atoms with van der Waals surface area (Å²) in [6, 6.07) is 13.8. The molecule has 0 saturated heterocycles. The molecule has 0 heterocycles. The third-order valence-electron chi connectivity index (χ3n) is 4.33. The molecule has 2 aromatic rings. The molecular weight excluding hydrogens is 414 g/mol. The van der Waals surface area contributed by atoms with Gasteiger partial charge in [0.1, 0.15) is 5.75 Å². The third-order valence-corrected chi connectivity index (χ3v) is 4.53. The van der Waals surface area contributed by atoms with Crippen LogP contribution in [0.15, 0.2) is 48.5 Å². The highest BCUT2D eigenvalue weighted by Crippen LogP contribution is 2.13. The SMILES string of the molecule is CCCCOc1ccc(C(=O)NC(=S)Nc2ccc(C(=O)NCCCOC)cc2)cc1. The summed E-state index contributed by atoms with van der Waals surface area (Å²) in [6.45, 7) is 3.91. The average Bonchev–Trinajstić information content (AvgIpc) is 2.77. The molecule has 2 aromatic carbocycles. The van der Waals surface area contributed by atoms with Crippen LogP contribution in [0.3, 0.4) is 0 Å². The number of nitrogens with one attached hydrogen (secondary N) is 3. The van der Waals surface area contributed by atoms with E-state index < -0.39 is 0 Å². The second-order valence-corrected chi connectivity index (χ2v) is 7.22. The zero-order chi connectivity index (χ0) is 22.5. The number of hydrogen-bond acceptors (Lipinski definition) is 5. The fourth-order valence-corrected chi connectivity index (χ4v) is 2.81. The van der Waals surface area contributed by atoms with Crippen molar-refractivity contribution in [2.45, 2.75) is 26.2 Å². The Morgan fingerprint density at radius 3 is 2.19 bits per heavy atom. The van der Waals surface area contributed by atoms with Crippen LogP contribution in [0.2, 0.25) is 0 Å². The van der Waals surface area contributed by atoms with Crippen LogP contribution < -0.4 is 20.7 Å². The van der Waals surface area contributed by atoms with Crippen molar-refractivity contribution < 1.29 is 19.1 Å². The minimum atomic E-state index is -0.315. The van der Waals surface area contributed by atoms with E-state index in [1.54, 1.807) is 55.6 Å². The Hall–Kier alpha value is -2.97. The molecule has 0 spiro atoms. The highest BCUT2D eigenvalue weighted by molar-refractivity contribution is 7.80. The fourth-order valence-electron chi connectivity index (χ4n) is 2.60.